The first-order valence-corrected chi connectivity index (χ1v) is 29.4. The van der Waals surface area contributed by atoms with Crippen LogP contribution in [0.4, 0.5) is 11.4 Å². The largest absolute Gasteiger partial charge is 0.496 e. The van der Waals surface area contributed by atoms with Crippen LogP contribution in [0, 0.1) is 23.2 Å². The summed E-state index contributed by atoms with van der Waals surface area (Å²) in [6, 6.07) is 45.0. The van der Waals surface area contributed by atoms with Crippen molar-refractivity contribution in [3.8, 4) is 5.75 Å². The predicted octanol–water partition coefficient (Wildman–Crippen LogP) is 16.1. The number of aldehydes is 1. The lowest BCUT2D eigenvalue weighted by atomic mass is 9.48. The zero-order chi connectivity index (χ0) is 50.1. The minimum Gasteiger partial charge on any atom is -0.496 e. The molecule has 0 aliphatic heterocycles. The number of hydrogen-bond acceptors (Lipinski definition) is 5. The molecular weight excluding hydrogens is 903 g/mol. The zero-order valence-corrected chi connectivity index (χ0v) is 46.2. The minimum atomic E-state index is -2.78. The fraction of sp³-hybridized carbons (Fsp3) is 0.431. The Balaban J connectivity index is 1.09. The van der Waals surface area contributed by atoms with Gasteiger partial charge in [-0.1, -0.05) is 177 Å². The van der Waals surface area contributed by atoms with Gasteiger partial charge in [0, 0.05) is 33.3 Å². The molecule has 5 aliphatic rings. The number of benzene rings is 5. The van der Waals surface area contributed by atoms with Crippen molar-refractivity contribution >= 4 is 54.2 Å². The molecule has 71 heavy (non-hydrogen) atoms. The summed E-state index contributed by atoms with van der Waals surface area (Å²) >= 11 is 1.88. The van der Waals surface area contributed by atoms with Gasteiger partial charge in [0.25, 0.3) is 8.32 Å². The van der Waals surface area contributed by atoms with Crippen LogP contribution in [0.1, 0.15) is 148 Å². The van der Waals surface area contributed by atoms with Crippen molar-refractivity contribution in [3.63, 3.8) is 0 Å². The van der Waals surface area contributed by atoms with Gasteiger partial charge in [-0.2, -0.15) is 0 Å². The maximum absolute atomic E-state index is 12.2. The van der Waals surface area contributed by atoms with Crippen LogP contribution in [0.2, 0.25) is 5.04 Å². The molecule has 0 saturated heterocycles. The summed E-state index contributed by atoms with van der Waals surface area (Å²) in [6.07, 6.45) is 17.3. The van der Waals surface area contributed by atoms with E-state index in [-0.39, 0.29) is 15.9 Å². The first kappa shape index (κ1) is 51.0. The number of anilines is 2. The summed E-state index contributed by atoms with van der Waals surface area (Å²) < 4.78 is 13.9. The van der Waals surface area contributed by atoms with Crippen LogP contribution in [-0.2, 0) is 14.6 Å². The quantitative estimate of drug-likeness (QED) is 0.0527. The zero-order valence-electron chi connectivity index (χ0n) is 44.4. The molecule has 0 N–H and O–H groups in total. The molecular formula is C65H79NO3SSi. The number of carbonyl (C=O) groups excluding carboxylic acids is 1. The van der Waals surface area contributed by atoms with Gasteiger partial charge in [-0.3, -0.25) is 4.79 Å². The lowest BCUT2D eigenvalue weighted by Crippen LogP contribution is -2.67. The number of allylic oxidation sites excluding steroid dienone is 4. The molecule has 4 bridgehead atoms. The third-order valence-corrected chi connectivity index (χ3v) is 23.0. The van der Waals surface area contributed by atoms with Crippen LogP contribution < -0.4 is 20.0 Å². The third-order valence-electron chi connectivity index (χ3n) is 16.6. The van der Waals surface area contributed by atoms with Gasteiger partial charge in [0.05, 0.1) is 13.7 Å². The molecule has 0 radical (unpaired) electrons. The molecule has 4 saturated carbocycles. The highest BCUT2D eigenvalue weighted by Crippen LogP contribution is 2.62. The van der Waals surface area contributed by atoms with Gasteiger partial charge < -0.3 is 14.1 Å². The standard InChI is InChI=1S/C65H79NO3SSi/c1-45(2)57-22-17-23-58(46(3)4)62(57)70-61-51(43-64(8,9)44-52(61)32-34-67)27-24-47-25-28-53(29-26-47)66(33-35-69-71(63(5,6)7,55-18-13-11-14-19-55)56-20-15-12-16-21-56)54-30-31-60(68-10)59(39-54)65-40-48-36-49(41-65)38-50(37-48)42-65/h11-32,34,39,45-46,48-50H,33,35-38,40-44H2,1-10H3/b27-24+,52-32+. The maximum atomic E-state index is 12.2. The summed E-state index contributed by atoms with van der Waals surface area (Å²) in [5.74, 6) is 4.30. The highest BCUT2D eigenvalue weighted by molar-refractivity contribution is 8.03. The second kappa shape index (κ2) is 20.9. The monoisotopic (exact) mass is 982 g/mol. The Morgan fingerprint density at radius 1 is 0.718 bits per heavy atom. The van der Waals surface area contributed by atoms with E-state index in [9.17, 15) is 4.79 Å². The maximum Gasteiger partial charge on any atom is 0.261 e. The Morgan fingerprint density at radius 2 is 1.28 bits per heavy atom. The lowest BCUT2D eigenvalue weighted by molar-refractivity contribution is -0.104. The first-order valence-electron chi connectivity index (χ1n) is 26.7. The van der Waals surface area contributed by atoms with Gasteiger partial charge in [-0.15, -0.1) is 0 Å². The molecule has 4 nitrogen and oxygen atoms in total. The summed E-state index contributed by atoms with van der Waals surface area (Å²) in [5.41, 5.74) is 10.2. The molecule has 0 spiro atoms. The number of hydrogen-bond donors (Lipinski definition) is 0. The van der Waals surface area contributed by atoms with Crippen LogP contribution in [0.25, 0.3) is 6.08 Å². The molecule has 0 heterocycles. The SMILES string of the molecule is COc1ccc(N(CCO[Si](c2ccccc2)(c2ccccc2)C(C)(C)C)c2ccc(/C=C/C3=C(Sc4c(C(C)C)cccc4C(C)C)C(=C/C=O)/CC(C)(C)C3)cc2)cc1C12CC3CC(CC(C3)C1)C2. The Morgan fingerprint density at radius 3 is 1.80 bits per heavy atom. The van der Waals surface area contributed by atoms with E-state index in [1.54, 1.807) is 0 Å². The molecule has 0 amide bonds. The summed E-state index contributed by atoms with van der Waals surface area (Å²) in [6.45, 7) is 22.2. The van der Waals surface area contributed by atoms with E-state index in [1.165, 1.54) is 86.6 Å². The summed E-state index contributed by atoms with van der Waals surface area (Å²) in [4.78, 5) is 17.3. The molecule has 10 rings (SSSR count). The lowest BCUT2D eigenvalue weighted by Gasteiger charge is -2.57. The molecule has 5 aromatic carbocycles. The number of carbonyl (C=O) groups is 1. The van der Waals surface area contributed by atoms with Crippen LogP contribution in [-0.4, -0.2) is 34.9 Å². The smallest absolute Gasteiger partial charge is 0.261 e. The molecule has 5 aromatic rings. The van der Waals surface area contributed by atoms with Gasteiger partial charge >= 0.3 is 0 Å². The highest BCUT2D eigenvalue weighted by atomic mass is 32.2. The summed E-state index contributed by atoms with van der Waals surface area (Å²) in [5, 5.41) is 2.47. The number of nitrogens with zero attached hydrogens (tertiary/aromatic N) is 1. The average Bonchev–Trinajstić information content (AvgIpc) is 3.34. The molecule has 0 atom stereocenters. The van der Waals surface area contributed by atoms with Crippen molar-refractivity contribution in [1.29, 1.82) is 0 Å². The van der Waals surface area contributed by atoms with Crippen molar-refractivity contribution in [2.24, 2.45) is 23.2 Å². The van der Waals surface area contributed by atoms with E-state index < -0.39 is 8.32 Å². The van der Waals surface area contributed by atoms with E-state index in [0.717, 1.165) is 59.5 Å². The van der Waals surface area contributed by atoms with Crippen molar-refractivity contribution in [1.82, 2.24) is 0 Å². The highest BCUT2D eigenvalue weighted by Gasteiger charge is 2.53. The number of rotatable bonds is 17. The predicted molar refractivity (Wildman–Crippen MR) is 304 cm³/mol. The second-order valence-electron chi connectivity index (χ2n) is 24.0. The topological polar surface area (TPSA) is 38.8 Å². The normalized spacial score (nSPS) is 22.5. The first-order chi connectivity index (χ1) is 34.0. The van der Waals surface area contributed by atoms with Crippen molar-refractivity contribution in [2.75, 3.05) is 25.2 Å². The number of ether oxygens (including phenoxy) is 1. The molecule has 0 aromatic heterocycles. The van der Waals surface area contributed by atoms with Crippen LogP contribution in [0.5, 0.6) is 5.75 Å². The van der Waals surface area contributed by atoms with E-state index >= 15 is 0 Å². The van der Waals surface area contributed by atoms with Crippen molar-refractivity contribution < 1.29 is 14.0 Å². The molecule has 372 valence electrons. The van der Waals surface area contributed by atoms with Crippen LogP contribution in [0.15, 0.2) is 154 Å². The Kier molecular flexibility index (Phi) is 15.0. The minimum absolute atomic E-state index is 0.0191. The van der Waals surface area contributed by atoms with Gasteiger partial charge in [-0.25, -0.2) is 0 Å². The van der Waals surface area contributed by atoms with Gasteiger partial charge in [0.15, 0.2) is 0 Å². The molecule has 0 unspecified atom stereocenters. The molecule has 5 aliphatic carbocycles. The van der Waals surface area contributed by atoms with Crippen LogP contribution >= 0.6 is 11.8 Å². The van der Waals surface area contributed by atoms with Gasteiger partial charge in [0.1, 0.15) is 12.0 Å². The van der Waals surface area contributed by atoms with Crippen molar-refractivity contribution in [2.45, 2.75) is 141 Å². The summed E-state index contributed by atoms with van der Waals surface area (Å²) in [7, 11) is -0.921. The van der Waals surface area contributed by atoms with Crippen molar-refractivity contribution in [3.05, 3.63) is 172 Å². The Labute approximate surface area is 432 Å². The fourth-order valence-electron chi connectivity index (χ4n) is 13.8. The number of methoxy groups -OCH3 is 1. The fourth-order valence-corrected chi connectivity index (χ4v) is 19.9. The third kappa shape index (κ3) is 10.5. The number of thioether (sulfide) groups is 1. The van der Waals surface area contributed by atoms with E-state index in [4.69, 9.17) is 9.16 Å². The van der Waals surface area contributed by atoms with E-state index in [0.29, 0.717) is 25.0 Å². The molecule has 6 heteroatoms. The molecule has 4 fully saturated rings. The van der Waals surface area contributed by atoms with E-state index in [1.807, 2.05) is 24.9 Å². The van der Waals surface area contributed by atoms with Gasteiger partial charge in [-0.05, 0) is 171 Å². The van der Waals surface area contributed by atoms with Gasteiger partial charge in [0.2, 0.25) is 0 Å². The second-order valence-corrected chi connectivity index (χ2v) is 29.4. The Bertz CT molecular complexity index is 2660. The van der Waals surface area contributed by atoms with Crippen LogP contribution in [0.3, 0.4) is 0 Å². The Hall–Kier alpha value is -4.88. The van der Waals surface area contributed by atoms with E-state index in [2.05, 4.69) is 201 Å². The average molecular weight is 983 g/mol.